The molecule has 0 radical (unpaired) electrons. The number of pyridine rings is 1. The highest BCUT2D eigenvalue weighted by Gasteiger charge is 2.61. The molecule has 1 aliphatic heterocycles. The van der Waals surface area contributed by atoms with Gasteiger partial charge in [0.05, 0.1) is 6.42 Å². The quantitative estimate of drug-likeness (QED) is 0.701. The molecule has 3 nitrogen and oxygen atoms in total. The Balaban J connectivity index is 1.47. The van der Waals surface area contributed by atoms with Crippen molar-refractivity contribution in [1.29, 1.82) is 0 Å². The fourth-order valence-corrected chi connectivity index (χ4v) is 6.91. The minimum absolute atomic E-state index is 0.0297. The molecule has 5 rings (SSSR count). The first kappa shape index (κ1) is 15.6. The van der Waals surface area contributed by atoms with E-state index in [1.807, 2.05) is 18.5 Å². The number of fused-ring (bicyclic) bond motifs is 5. The van der Waals surface area contributed by atoms with Crippen molar-refractivity contribution in [3.8, 4) is 0 Å². The van der Waals surface area contributed by atoms with Gasteiger partial charge in [-0.05, 0) is 72.5 Å². The van der Waals surface area contributed by atoms with Crippen LogP contribution < -0.4 is 0 Å². The largest absolute Gasteiger partial charge is 0.462 e. The van der Waals surface area contributed by atoms with Crippen LogP contribution in [0, 0.1) is 28.6 Å². The Morgan fingerprint density at radius 1 is 1.20 bits per heavy atom. The van der Waals surface area contributed by atoms with E-state index >= 15 is 0 Å². The number of nitrogens with zero attached hydrogens (tertiary/aromatic N) is 1. The first-order chi connectivity index (χ1) is 12.0. The fraction of sp³-hybridized carbons (Fsp3) is 0.636. The summed E-state index contributed by atoms with van der Waals surface area (Å²) in [6.07, 6.45) is 13.0. The van der Waals surface area contributed by atoms with E-state index in [9.17, 15) is 4.79 Å². The van der Waals surface area contributed by atoms with Gasteiger partial charge >= 0.3 is 5.97 Å². The summed E-state index contributed by atoms with van der Waals surface area (Å²) in [6.45, 7) is 4.80. The number of hydrogen-bond donors (Lipinski definition) is 0. The van der Waals surface area contributed by atoms with Crippen LogP contribution in [0.3, 0.4) is 0 Å². The lowest BCUT2D eigenvalue weighted by molar-refractivity contribution is -0.144. The van der Waals surface area contributed by atoms with Gasteiger partial charge in [-0.2, -0.15) is 0 Å². The standard InChI is InChI=1S/C22H27NO2/c1-21-10-9-18-15(5-8-19-22(18,2)12-20(24)25-19)17(21)7-6-16(21)14-4-3-11-23-13-14/h3-4,6,11,13,15,17-19H,5,7-10,12H2,1-2H3/t15-,17-,18-,19?,21+,22+/m0/s1. The Hall–Kier alpha value is -1.64. The number of rotatable bonds is 1. The van der Waals surface area contributed by atoms with Crippen LogP contribution >= 0.6 is 0 Å². The monoisotopic (exact) mass is 337 g/mol. The summed E-state index contributed by atoms with van der Waals surface area (Å²) in [5.41, 5.74) is 3.13. The second-order valence-electron chi connectivity index (χ2n) is 9.17. The average molecular weight is 337 g/mol. The van der Waals surface area contributed by atoms with Crippen LogP contribution in [0.4, 0.5) is 0 Å². The van der Waals surface area contributed by atoms with E-state index in [2.05, 4.69) is 31.0 Å². The van der Waals surface area contributed by atoms with Gasteiger partial charge < -0.3 is 4.74 Å². The van der Waals surface area contributed by atoms with Crippen molar-refractivity contribution >= 4 is 11.5 Å². The number of carbonyl (C=O) groups is 1. The van der Waals surface area contributed by atoms with Gasteiger partial charge in [0.15, 0.2) is 0 Å². The molecule has 4 aliphatic rings. The first-order valence-electron chi connectivity index (χ1n) is 9.83. The minimum Gasteiger partial charge on any atom is -0.462 e. The van der Waals surface area contributed by atoms with E-state index in [-0.39, 0.29) is 22.9 Å². The topological polar surface area (TPSA) is 39.2 Å². The van der Waals surface area contributed by atoms with Gasteiger partial charge in [-0.1, -0.05) is 26.0 Å². The summed E-state index contributed by atoms with van der Waals surface area (Å²) in [5, 5.41) is 0. The molecule has 0 amide bonds. The van der Waals surface area contributed by atoms with Gasteiger partial charge in [-0.3, -0.25) is 9.78 Å². The molecule has 2 heterocycles. The molecule has 1 aromatic rings. The van der Waals surface area contributed by atoms with Gasteiger partial charge in [0.25, 0.3) is 0 Å². The van der Waals surface area contributed by atoms with Gasteiger partial charge in [0, 0.05) is 17.8 Å². The summed E-state index contributed by atoms with van der Waals surface area (Å²) in [4.78, 5) is 16.3. The molecule has 25 heavy (non-hydrogen) atoms. The second kappa shape index (κ2) is 5.18. The van der Waals surface area contributed by atoms with Crippen molar-refractivity contribution in [2.24, 2.45) is 28.6 Å². The molecular formula is C22H27NO2. The van der Waals surface area contributed by atoms with Gasteiger partial charge in [-0.15, -0.1) is 0 Å². The number of esters is 1. The van der Waals surface area contributed by atoms with Crippen molar-refractivity contribution < 1.29 is 9.53 Å². The fourth-order valence-electron chi connectivity index (χ4n) is 6.91. The van der Waals surface area contributed by atoms with E-state index in [0.717, 1.165) is 12.3 Å². The van der Waals surface area contributed by atoms with Gasteiger partial charge in [-0.25, -0.2) is 0 Å². The highest BCUT2D eigenvalue weighted by molar-refractivity contribution is 5.74. The third-order valence-corrected chi connectivity index (χ3v) is 8.13. The Labute approximate surface area is 149 Å². The summed E-state index contributed by atoms with van der Waals surface area (Å²) >= 11 is 0. The van der Waals surface area contributed by atoms with Crippen LogP contribution in [0.25, 0.3) is 5.57 Å². The van der Waals surface area contributed by atoms with Crippen LogP contribution in [0.2, 0.25) is 0 Å². The van der Waals surface area contributed by atoms with E-state index < -0.39 is 0 Å². The summed E-state index contributed by atoms with van der Waals surface area (Å²) in [6, 6.07) is 4.26. The first-order valence-corrected chi connectivity index (χ1v) is 9.83. The molecule has 3 heteroatoms. The second-order valence-corrected chi connectivity index (χ2v) is 9.17. The number of hydrogen-bond acceptors (Lipinski definition) is 3. The third-order valence-electron chi connectivity index (χ3n) is 8.13. The van der Waals surface area contributed by atoms with Crippen LogP contribution in [0.1, 0.15) is 57.9 Å². The van der Waals surface area contributed by atoms with Crippen molar-refractivity contribution in [3.63, 3.8) is 0 Å². The summed E-state index contributed by atoms with van der Waals surface area (Å²) in [7, 11) is 0. The average Bonchev–Trinajstić information content (AvgIpc) is 3.10. The predicted molar refractivity (Wildman–Crippen MR) is 96.5 cm³/mol. The smallest absolute Gasteiger partial charge is 0.306 e. The zero-order valence-corrected chi connectivity index (χ0v) is 15.2. The third kappa shape index (κ3) is 2.04. The predicted octanol–water partition coefficient (Wildman–Crippen LogP) is 4.63. The number of carbonyl (C=O) groups excluding carboxylic acids is 1. The molecule has 3 fully saturated rings. The van der Waals surface area contributed by atoms with Gasteiger partial charge in [0.1, 0.15) is 6.10 Å². The van der Waals surface area contributed by atoms with E-state index in [1.165, 1.54) is 36.8 Å². The van der Waals surface area contributed by atoms with Crippen molar-refractivity contribution in [2.75, 3.05) is 0 Å². The summed E-state index contributed by atoms with van der Waals surface area (Å²) in [5.74, 6) is 2.09. The SMILES string of the molecule is C[C@]12CC(=O)OC1CC[C@@H]1[C@@H]2CC[C@]2(C)C(c3cccnc3)=CC[C@@H]12. The maximum absolute atomic E-state index is 12.0. The molecule has 0 spiro atoms. The van der Waals surface area contributed by atoms with E-state index in [0.29, 0.717) is 18.3 Å². The van der Waals surface area contributed by atoms with Crippen LogP contribution in [0.15, 0.2) is 30.6 Å². The van der Waals surface area contributed by atoms with Crippen molar-refractivity contribution in [3.05, 3.63) is 36.2 Å². The summed E-state index contributed by atoms with van der Waals surface area (Å²) < 4.78 is 5.68. The minimum atomic E-state index is 0.0297. The molecule has 0 N–H and O–H groups in total. The van der Waals surface area contributed by atoms with Crippen molar-refractivity contribution in [2.45, 2.75) is 58.5 Å². The normalized spacial score (nSPS) is 45.2. The van der Waals surface area contributed by atoms with Crippen LogP contribution in [-0.4, -0.2) is 17.1 Å². The molecule has 0 bridgehead atoms. The Bertz CT molecular complexity index is 742. The lowest BCUT2D eigenvalue weighted by atomic mass is 9.48. The molecule has 132 valence electrons. The Morgan fingerprint density at radius 3 is 2.88 bits per heavy atom. The maximum atomic E-state index is 12.0. The number of ether oxygens (including phenoxy) is 1. The van der Waals surface area contributed by atoms with Crippen molar-refractivity contribution in [1.82, 2.24) is 4.98 Å². The maximum Gasteiger partial charge on any atom is 0.306 e. The highest BCUT2D eigenvalue weighted by atomic mass is 16.6. The number of allylic oxidation sites excluding steroid dienone is 2. The molecule has 3 aliphatic carbocycles. The zero-order chi connectivity index (χ0) is 17.2. The molecule has 1 saturated heterocycles. The van der Waals surface area contributed by atoms with Crippen LogP contribution in [-0.2, 0) is 9.53 Å². The highest BCUT2D eigenvalue weighted by Crippen LogP contribution is 2.66. The number of aromatic nitrogens is 1. The molecule has 2 saturated carbocycles. The van der Waals surface area contributed by atoms with Gasteiger partial charge in [0.2, 0.25) is 0 Å². The Morgan fingerprint density at radius 2 is 2.08 bits per heavy atom. The zero-order valence-electron chi connectivity index (χ0n) is 15.2. The van der Waals surface area contributed by atoms with Crippen LogP contribution in [0.5, 0.6) is 0 Å². The molecule has 1 unspecified atom stereocenters. The lowest BCUT2D eigenvalue weighted by Gasteiger charge is -2.56. The molecule has 1 aromatic heterocycles. The molecule has 0 aromatic carbocycles. The van der Waals surface area contributed by atoms with E-state index in [4.69, 9.17) is 4.74 Å². The molecule has 6 atom stereocenters. The van der Waals surface area contributed by atoms with E-state index in [1.54, 1.807) is 0 Å². The lowest BCUT2D eigenvalue weighted by Crippen LogP contribution is -2.51. The Kier molecular flexibility index (Phi) is 3.24. The molecular weight excluding hydrogens is 310 g/mol.